The van der Waals surface area contributed by atoms with E-state index in [9.17, 15) is 9.90 Å². The van der Waals surface area contributed by atoms with Gasteiger partial charge < -0.3 is 19.4 Å². The molecule has 2 rings (SSSR count). The molecule has 4 nitrogen and oxygen atoms in total. The first-order chi connectivity index (χ1) is 7.24. The van der Waals surface area contributed by atoms with E-state index >= 15 is 0 Å². The summed E-state index contributed by atoms with van der Waals surface area (Å²) in [5, 5.41) is 9.89. The third kappa shape index (κ3) is 1.63. The number of carbonyl (C=O) groups is 1. The molecule has 0 aliphatic carbocycles. The van der Waals surface area contributed by atoms with Gasteiger partial charge in [0.2, 0.25) is 12.5 Å². The first kappa shape index (κ1) is 9.83. The molecule has 1 aliphatic heterocycles. The minimum atomic E-state index is -0.0167. The number of phenols is 1. The van der Waals surface area contributed by atoms with E-state index in [0.29, 0.717) is 23.5 Å². The number of hydrogen-bond donors (Lipinski definition) is 1. The molecule has 80 valence electrons. The number of phenolic OH excluding ortho intramolecular Hbond substituents is 1. The Kier molecular flexibility index (Phi) is 2.49. The molecule has 0 fully saturated rings. The van der Waals surface area contributed by atoms with Crippen molar-refractivity contribution in [3.8, 4) is 17.2 Å². The molecule has 1 heterocycles. The summed E-state index contributed by atoms with van der Waals surface area (Å²) in [6.45, 7) is 2.01. The van der Waals surface area contributed by atoms with Crippen LogP contribution in [-0.4, -0.2) is 18.2 Å². The van der Waals surface area contributed by atoms with Crippen molar-refractivity contribution in [3.05, 3.63) is 17.7 Å². The summed E-state index contributed by atoms with van der Waals surface area (Å²) in [4.78, 5) is 10.4. The predicted molar refractivity (Wildman–Crippen MR) is 53.3 cm³/mol. The van der Waals surface area contributed by atoms with Crippen molar-refractivity contribution < 1.29 is 19.4 Å². The van der Waals surface area contributed by atoms with Gasteiger partial charge in [0.05, 0.1) is 0 Å². The van der Waals surface area contributed by atoms with Gasteiger partial charge in [-0.1, -0.05) is 13.0 Å². The first-order valence-corrected chi connectivity index (χ1v) is 4.79. The first-order valence-electron chi connectivity index (χ1n) is 4.79. The summed E-state index contributed by atoms with van der Waals surface area (Å²) in [6, 6.07) is 3.51. The van der Waals surface area contributed by atoms with E-state index in [4.69, 9.17) is 9.47 Å². The van der Waals surface area contributed by atoms with E-state index in [2.05, 4.69) is 0 Å². The van der Waals surface area contributed by atoms with E-state index in [-0.39, 0.29) is 18.5 Å². The molecule has 15 heavy (non-hydrogen) atoms. The lowest BCUT2D eigenvalue weighted by atomic mass is 9.97. The van der Waals surface area contributed by atoms with Gasteiger partial charge >= 0.3 is 0 Å². The summed E-state index contributed by atoms with van der Waals surface area (Å²) in [6.07, 6.45) is 1.22. The maximum Gasteiger partial charge on any atom is 0.231 e. The Labute approximate surface area is 87.4 Å². The largest absolute Gasteiger partial charge is 0.504 e. The number of benzene rings is 1. The van der Waals surface area contributed by atoms with E-state index in [1.807, 2.05) is 6.92 Å². The Balaban J connectivity index is 2.37. The third-order valence-electron chi connectivity index (χ3n) is 2.52. The highest BCUT2D eigenvalue weighted by Crippen LogP contribution is 2.44. The van der Waals surface area contributed by atoms with Crippen LogP contribution in [0.5, 0.6) is 17.2 Å². The number of aromatic hydroxyl groups is 1. The standard InChI is InChI=1S/C11H12O4/c1-7(4-5-12)8-2-3-9-11(10(8)13)15-6-14-9/h2-3,5,7,13H,4,6H2,1H3. The molecule has 1 N–H and O–H groups in total. The van der Waals surface area contributed by atoms with Gasteiger partial charge in [-0.2, -0.15) is 0 Å². The zero-order chi connectivity index (χ0) is 10.8. The number of aldehydes is 1. The van der Waals surface area contributed by atoms with E-state index < -0.39 is 0 Å². The molecular formula is C11H12O4. The number of carbonyl (C=O) groups excluding carboxylic acids is 1. The van der Waals surface area contributed by atoms with Crippen LogP contribution in [0.3, 0.4) is 0 Å². The van der Waals surface area contributed by atoms with Crippen LogP contribution >= 0.6 is 0 Å². The van der Waals surface area contributed by atoms with Crippen LogP contribution in [-0.2, 0) is 4.79 Å². The van der Waals surface area contributed by atoms with Gasteiger partial charge in [0.25, 0.3) is 0 Å². The predicted octanol–water partition coefficient (Wildman–Crippen LogP) is 1.81. The van der Waals surface area contributed by atoms with Gasteiger partial charge in [-0.3, -0.25) is 0 Å². The van der Waals surface area contributed by atoms with Crippen LogP contribution in [0.1, 0.15) is 24.8 Å². The summed E-state index contributed by atoms with van der Waals surface area (Å²) in [5.74, 6) is 0.996. The Morgan fingerprint density at radius 2 is 2.33 bits per heavy atom. The lowest BCUT2D eigenvalue weighted by Crippen LogP contribution is -1.95. The zero-order valence-electron chi connectivity index (χ0n) is 8.40. The molecule has 0 amide bonds. The topological polar surface area (TPSA) is 55.8 Å². The van der Waals surface area contributed by atoms with Crippen molar-refractivity contribution in [2.75, 3.05) is 6.79 Å². The van der Waals surface area contributed by atoms with Crippen LogP contribution < -0.4 is 9.47 Å². The third-order valence-corrected chi connectivity index (χ3v) is 2.52. The molecular weight excluding hydrogens is 196 g/mol. The van der Waals surface area contributed by atoms with E-state index in [1.54, 1.807) is 12.1 Å². The molecule has 0 saturated carbocycles. The van der Waals surface area contributed by atoms with Crippen LogP contribution in [0, 0.1) is 0 Å². The van der Waals surface area contributed by atoms with Gasteiger partial charge in [-0.15, -0.1) is 0 Å². The van der Waals surface area contributed by atoms with Crippen molar-refractivity contribution in [1.29, 1.82) is 0 Å². The van der Waals surface area contributed by atoms with Gasteiger partial charge in [-0.25, -0.2) is 0 Å². The molecule has 0 saturated heterocycles. The molecule has 0 aromatic heterocycles. The highest BCUT2D eigenvalue weighted by atomic mass is 16.7. The van der Waals surface area contributed by atoms with Crippen LogP contribution in [0.15, 0.2) is 12.1 Å². The molecule has 0 spiro atoms. The van der Waals surface area contributed by atoms with Crippen LogP contribution in [0.25, 0.3) is 0 Å². The average molecular weight is 208 g/mol. The fraction of sp³-hybridized carbons (Fsp3) is 0.364. The Morgan fingerprint density at radius 3 is 3.07 bits per heavy atom. The molecule has 0 bridgehead atoms. The molecule has 1 aliphatic rings. The molecule has 1 unspecified atom stereocenters. The highest BCUT2D eigenvalue weighted by molar-refractivity contribution is 5.59. The SMILES string of the molecule is CC(CC=O)c1ccc2c(c1O)OCO2. The van der Waals surface area contributed by atoms with E-state index in [1.165, 1.54) is 0 Å². The molecule has 1 aromatic rings. The summed E-state index contributed by atoms with van der Waals surface area (Å²) >= 11 is 0. The van der Waals surface area contributed by atoms with Crippen LogP contribution in [0.2, 0.25) is 0 Å². The number of rotatable bonds is 3. The molecule has 0 radical (unpaired) electrons. The maximum absolute atomic E-state index is 10.4. The summed E-state index contributed by atoms with van der Waals surface area (Å²) in [5.41, 5.74) is 0.714. The lowest BCUT2D eigenvalue weighted by molar-refractivity contribution is -0.108. The van der Waals surface area contributed by atoms with Gasteiger partial charge in [0.15, 0.2) is 11.5 Å². The zero-order valence-corrected chi connectivity index (χ0v) is 8.40. The quantitative estimate of drug-likeness (QED) is 0.770. The average Bonchev–Trinajstić information content (AvgIpc) is 2.67. The van der Waals surface area contributed by atoms with Crippen molar-refractivity contribution in [3.63, 3.8) is 0 Å². The van der Waals surface area contributed by atoms with Gasteiger partial charge in [0, 0.05) is 12.0 Å². The summed E-state index contributed by atoms with van der Waals surface area (Å²) < 4.78 is 10.3. The Hall–Kier alpha value is -1.71. The summed E-state index contributed by atoms with van der Waals surface area (Å²) in [7, 11) is 0. The van der Waals surface area contributed by atoms with Gasteiger partial charge in [0.1, 0.15) is 6.29 Å². The molecule has 4 heteroatoms. The van der Waals surface area contributed by atoms with Crippen LogP contribution in [0.4, 0.5) is 0 Å². The highest BCUT2D eigenvalue weighted by Gasteiger charge is 2.22. The number of ether oxygens (including phenoxy) is 2. The van der Waals surface area contributed by atoms with Crippen molar-refractivity contribution in [2.45, 2.75) is 19.3 Å². The maximum atomic E-state index is 10.4. The number of hydrogen-bond acceptors (Lipinski definition) is 4. The minimum absolute atomic E-state index is 0.0167. The lowest BCUT2D eigenvalue weighted by Gasteiger charge is -2.11. The number of fused-ring (bicyclic) bond motifs is 1. The Morgan fingerprint density at radius 1 is 1.53 bits per heavy atom. The van der Waals surface area contributed by atoms with Gasteiger partial charge in [-0.05, 0) is 12.0 Å². The fourth-order valence-corrected chi connectivity index (χ4v) is 1.64. The van der Waals surface area contributed by atoms with E-state index in [0.717, 1.165) is 6.29 Å². The fourth-order valence-electron chi connectivity index (χ4n) is 1.64. The second-order valence-corrected chi connectivity index (χ2v) is 3.54. The van der Waals surface area contributed by atoms with Crippen molar-refractivity contribution >= 4 is 6.29 Å². The Bertz CT molecular complexity index is 386. The normalized spacial score (nSPS) is 15.0. The molecule has 1 aromatic carbocycles. The second kappa shape index (κ2) is 3.81. The second-order valence-electron chi connectivity index (χ2n) is 3.54. The van der Waals surface area contributed by atoms with Crippen molar-refractivity contribution in [2.24, 2.45) is 0 Å². The molecule has 1 atom stereocenters. The smallest absolute Gasteiger partial charge is 0.231 e. The minimum Gasteiger partial charge on any atom is -0.504 e. The monoisotopic (exact) mass is 208 g/mol. The van der Waals surface area contributed by atoms with Crippen molar-refractivity contribution in [1.82, 2.24) is 0 Å².